The molecule has 0 atom stereocenters. The fourth-order valence-corrected chi connectivity index (χ4v) is 3.96. The van der Waals surface area contributed by atoms with E-state index in [2.05, 4.69) is 10.3 Å². The van der Waals surface area contributed by atoms with Gasteiger partial charge in [-0.15, -0.1) is 0 Å². The lowest BCUT2D eigenvalue weighted by Gasteiger charge is -2.06. The maximum absolute atomic E-state index is 12.9. The van der Waals surface area contributed by atoms with Crippen LogP contribution in [0.25, 0.3) is 10.9 Å². The van der Waals surface area contributed by atoms with Gasteiger partial charge in [0.15, 0.2) is 9.84 Å². The number of aromatic nitrogens is 1. The van der Waals surface area contributed by atoms with E-state index in [0.29, 0.717) is 11.4 Å². The zero-order valence-corrected chi connectivity index (χ0v) is 15.7. The smallest absolute Gasteiger partial charge is 0.268 e. The van der Waals surface area contributed by atoms with Crippen LogP contribution in [0, 0.1) is 12.7 Å². The number of carbonyl (C=O) groups excluding carboxylic acids is 1. The Morgan fingerprint density at radius 2 is 1.89 bits per heavy atom. The van der Waals surface area contributed by atoms with Crippen molar-refractivity contribution in [2.45, 2.75) is 11.8 Å². The molecule has 2 N–H and O–H groups in total. The molecule has 3 aromatic rings. The highest BCUT2D eigenvalue weighted by molar-refractivity contribution is 7.91. The molecule has 142 valence electrons. The summed E-state index contributed by atoms with van der Waals surface area (Å²) >= 11 is 0. The quantitative estimate of drug-likeness (QED) is 0.634. The maximum atomic E-state index is 12.9. The fourth-order valence-electron chi connectivity index (χ4n) is 2.81. The van der Waals surface area contributed by atoms with Crippen molar-refractivity contribution in [2.24, 2.45) is 0 Å². The van der Waals surface area contributed by atoms with Crippen molar-refractivity contribution in [3.05, 3.63) is 59.5 Å². The predicted molar refractivity (Wildman–Crippen MR) is 100 cm³/mol. The standard InChI is InChI=1S/C19H19FN2O4S/c1-12-16-11-14(26-2)5-8-17(16)22-18(12)19(23)21-9-10-27(24,25)15-6-3-13(20)4-7-15/h3-8,11,22H,9-10H2,1-2H3,(H,21,23). The molecule has 1 heterocycles. The van der Waals surface area contributed by atoms with E-state index in [4.69, 9.17) is 4.74 Å². The van der Waals surface area contributed by atoms with Crippen molar-refractivity contribution in [3.63, 3.8) is 0 Å². The number of nitrogens with one attached hydrogen (secondary N) is 2. The minimum Gasteiger partial charge on any atom is -0.497 e. The van der Waals surface area contributed by atoms with Crippen LogP contribution in [-0.4, -0.2) is 38.7 Å². The normalized spacial score (nSPS) is 11.5. The first-order chi connectivity index (χ1) is 12.8. The molecule has 0 bridgehead atoms. The lowest BCUT2D eigenvalue weighted by molar-refractivity contribution is 0.0951. The van der Waals surface area contributed by atoms with Crippen LogP contribution in [0.5, 0.6) is 5.75 Å². The van der Waals surface area contributed by atoms with Gasteiger partial charge in [-0.3, -0.25) is 4.79 Å². The van der Waals surface area contributed by atoms with Crippen LogP contribution >= 0.6 is 0 Å². The number of amides is 1. The number of aromatic amines is 1. The summed E-state index contributed by atoms with van der Waals surface area (Å²) in [6.45, 7) is 1.75. The molecule has 0 aliphatic heterocycles. The van der Waals surface area contributed by atoms with E-state index in [1.165, 1.54) is 12.1 Å². The van der Waals surface area contributed by atoms with Gasteiger partial charge in [-0.2, -0.15) is 0 Å². The maximum Gasteiger partial charge on any atom is 0.268 e. The van der Waals surface area contributed by atoms with Gasteiger partial charge in [0.1, 0.15) is 17.3 Å². The first kappa shape index (κ1) is 18.9. The molecule has 1 amide bonds. The van der Waals surface area contributed by atoms with Crippen LogP contribution < -0.4 is 10.1 Å². The first-order valence-electron chi connectivity index (χ1n) is 8.24. The first-order valence-corrected chi connectivity index (χ1v) is 9.90. The highest BCUT2D eigenvalue weighted by Gasteiger charge is 2.18. The Hall–Kier alpha value is -2.87. The topological polar surface area (TPSA) is 88.3 Å². The zero-order valence-electron chi connectivity index (χ0n) is 14.9. The number of hydrogen-bond acceptors (Lipinski definition) is 4. The summed E-state index contributed by atoms with van der Waals surface area (Å²) < 4.78 is 42.6. The van der Waals surface area contributed by atoms with Gasteiger partial charge in [-0.05, 0) is 55.0 Å². The Balaban J connectivity index is 1.70. The van der Waals surface area contributed by atoms with Gasteiger partial charge in [0.2, 0.25) is 0 Å². The number of methoxy groups -OCH3 is 1. The monoisotopic (exact) mass is 390 g/mol. The SMILES string of the molecule is COc1ccc2[nH]c(C(=O)NCCS(=O)(=O)c3ccc(F)cc3)c(C)c2c1. The number of ether oxygens (including phenoxy) is 1. The van der Waals surface area contributed by atoms with E-state index in [9.17, 15) is 17.6 Å². The van der Waals surface area contributed by atoms with Crippen molar-refractivity contribution in [2.75, 3.05) is 19.4 Å². The van der Waals surface area contributed by atoms with Gasteiger partial charge in [-0.25, -0.2) is 12.8 Å². The number of aryl methyl sites for hydroxylation is 1. The summed E-state index contributed by atoms with van der Waals surface area (Å²) in [5.74, 6) is -0.496. The summed E-state index contributed by atoms with van der Waals surface area (Å²) in [4.78, 5) is 15.5. The van der Waals surface area contributed by atoms with Gasteiger partial charge in [0.05, 0.1) is 17.8 Å². The fraction of sp³-hybridized carbons (Fsp3) is 0.211. The average molecular weight is 390 g/mol. The van der Waals surface area contributed by atoms with Gasteiger partial charge in [-0.1, -0.05) is 0 Å². The number of H-pyrrole nitrogens is 1. The third-order valence-electron chi connectivity index (χ3n) is 4.32. The van der Waals surface area contributed by atoms with Crippen LogP contribution in [-0.2, 0) is 9.84 Å². The summed E-state index contributed by atoms with van der Waals surface area (Å²) in [7, 11) is -2.04. The molecule has 8 heteroatoms. The van der Waals surface area contributed by atoms with E-state index in [0.717, 1.165) is 28.6 Å². The van der Waals surface area contributed by atoms with Gasteiger partial charge in [0.25, 0.3) is 5.91 Å². The Morgan fingerprint density at radius 1 is 1.19 bits per heavy atom. The second kappa shape index (κ2) is 7.40. The second-order valence-electron chi connectivity index (χ2n) is 6.07. The molecular weight excluding hydrogens is 371 g/mol. The number of halogens is 1. The number of hydrogen-bond donors (Lipinski definition) is 2. The van der Waals surface area contributed by atoms with E-state index < -0.39 is 21.6 Å². The van der Waals surface area contributed by atoms with E-state index in [-0.39, 0.29) is 17.2 Å². The van der Waals surface area contributed by atoms with Crippen molar-refractivity contribution in [1.82, 2.24) is 10.3 Å². The van der Waals surface area contributed by atoms with E-state index >= 15 is 0 Å². The average Bonchev–Trinajstić information content (AvgIpc) is 2.98. The molecule has 6 nitrogen and oxygen atoms in total. The van der Waals surface area contributed by atoms with Crippen LogP contribution in [0.4, 0.5) is 4.39 Å². The molecule has 0 saturated heterocycles. The van der Waals surface area contributed by atoms with Gasteiger partial charge in [0, 0.05) is 17.4 Å². The van der Waals surface area contributed by atoms with Gasteiger partial charge >= 0.3 is 0 Å². The highest BCUT2D eigenvalue weighted by Crippen LogP contribution is 2.25. The van der Waals surface area contributed by atoms with Crippen molar-refractivity contribution in [3.8, 4) is 5.75 Å². The summed E-state index contributed by atoms with van der Waals surface area (Å²) in [6, 6.07) is 10.0. The molecule has 0 spiro atoms. The molecule has 0 aliphatic carbocycles. The van der Waals surface area contributed by atoms with Crippen molar-refractivity contribution in [1.29, 1.82) is 0 Å². The predicted octanol–water partition coefficient (Wildman–Crippen LogP) is 2.83. The lowest BCUT2D eigenvalue weighted by atomic mass is 10.1. The van der Waals surface area contributed by atoms with Crippen LogP contribution in [0.1, 0.15) is 16.1 Å². The van der Waals surface area contributed by atoms with Crippen LogP contribution in [0.3, 0.4) is 0 Å². The third kappa shape index (κ3) is 3.95. The summed E-state index contributed by atoms with van der Waals surface area (Å²) in [5, 5.41) is 3.47. The molecule has 27 heavy (non-hydrogen) atoms. The molecule has 3 rings (SSSR count). The third-order valence-corrected chi connectivity index (χ3v) is 6.05. The number of sulfone groups is 1. The Bertz CT molecular complexity index is 1090. The molecule has 2 aromatic carbocycles. The Kier molecular flexibility index (Phi) is 5.18. The number of benzene rings is 2. The molecule has 0 fully saturated rings. The minimum absolute atomic E-state index is 0.0204. The molecular formula is C19H19FN2O4S. The Morgan fingerprint density at radius 3 is 2.56 bits per heavy atom. The van der Waals surface area contributed by atoms with Crippen molar-refractivity contribution >= 4 is 26.6 Å². The molecule has 0 radical (unpaired) electrons. The van der Waals surface area contributed by atoms with Crippen LogP contribution in [0.2, 0.25) is 0 Å². The molecule has 0 aliphatic rings. The zero-order chi connectivity index (χ0) is 19.6. The van der Waals surface area contributed by atoms with Gasteiger partial charge < -0.3 is 15.0 Å². The van der Waals surface area contributed by atoms with E-state index in [1.54, 1.807) is 13.2 Å². The summed E-state index contributed by atoms with van der Waals surface area (Å²) in [6.07, 6.45) is 0. The summed E-state index contributed by atoms with van der Waals surface area (Å²) in [5.41, 5.74) is 1.91. The lowest BCUT2D eigenvalue weighted by Crippen LogP contribution is -2.29. The number of carbonyl (C=O) groups is 1. The highest BCUT2D eigenvalue weighted by atomic mass is 32.2. The van der Waals surface area contributed by atoms with Crippen LogP contribution in [0.15, 0.2) is 47.4 Å². The molecule has 0 saturated carbocycles. The second-order valence-corrected chi connectivity index (χ2v) is 8.17. The number of rotatable bonds is 6. The minimum atomic E-state index is -3.61. The number of fused-ring (bicyclic) bond motifs is 1. The largest absolute Gasteiger partial charge is 0.497 e. The molecule has 0 unspecified atom stereocenters. The van der Waals surface area contributed by atoms with E-state index in [1.807, 2.05) is 19.1 Å². The van der Waals surface area contributed by atoms with Crippen molar-refractivity contribution < 1.29 is 22.3 Å². The molecule has 1 aromatic heterocycles. The Labute approximate surface area is 156 Å².